The van der Waals surface area contributed by atoms with E-state index in [1.54, 1.807) is 9.58 Å². The van der Waals surface area contributed by atoms with Crippen LogP contribution in [0, 0.1) is 17.2 Å². The normalized spacial score (nSPS) is 15.7. The number of amides is 1. The quantitative estimate of drug-likeness (QED) is 0.700. The van der Waals surface area contributed by atoms with Crippen LogP contribution in [-0.4, -0.2) is 49.9 Å². The third kappa shape index (κ3) is 3.70. The number of hydrogen-bond acceptors (Lipinski definition) is 6. The minimum absolute atomic E-state index is 0.0185. The summed E-state index contributed by atoms with van der Waals surface area (Å²) in [5.74, 6) is 0.171. The molecule has 0 aliphatic heterocycles. The lowest BCUT2D eigenvalue weighted by Gasteiger charge is -2.21. The fraction of sp³-hybridized carbons (Fsp3) is 0.750. The molecule has 0 bridgehead atoms. The molecule has 8 heteroatoms. The predicted octanol–water partition coefficient (Wildman–Crippen LogP) is 1.11. The number of carbonyl (C=O) groups excluding carboxylic acids is 1. The number of rotatable bonds is 7. The molecule has 1 atom stereocenters. The number of thioether (sulfide) groups is 1. The van der Waals surface area contributed by atoms with Gasteiger partial charge in [-0.05, 0) is 37.1 Å². The van der Waals surface area contributed by atoms with Gasteiger partial charge in [-0.25, -0.2) is 4.68 Å². The van der Waals surface area contributed by atoms with Crippen molar-refractivity contribution in [2.24, 2.45) is 5.92 Å². The number of carbonyl (C=O) groups is 1. The van der Waals surface area contributed by atoms with Crippen molar-refractivity contribution < 1.29 is 4.79 Å². The summed E-state index contributed by atoms with van der Waals surface area (Å²) >= 11 is 1.36. The third-order valence-electron chi connectivity index (χ3n) is 3.13. The van der Waals surface area contributed by atoms with E-state index in [9.17, 15) is 4.79 Å². The van der Waals surface area contributed by atoms with Gasteiger partial charge < -0.3 is 4.90 Å². The smallest absolute Gasteiger partial charge is 0.233 e. The summed E-state index contributed by atoms with van der Waals surface area (Å²) in [7, 11) is 0. The number of tetrazole rings is 1. The summed E-state index contributed by atoms with van der Waals surface area (Å²) in [6.45, 7) is 4.82. The number of nitriles is 1. The van der Waals surface area contributed by atoms with Crippen LogP contribution < -0.4 is 0 Å². The Morgan fingerprint density at radius 1 is 1.65 bits per heavy atom. The highest BCUT2D eigenvalue weighted by Gasteiger charge is 2.28. The van der Waals surface area contributed by atoms with Crippen LogP contribution in [0.5, 0.6) is 0 Å². The van der Waals surface area contributed by atoms with Gasteiger partial charge >= 0.3 is 0 Å². The summed E-state index contributed by atoms with van der Waals surface area (Å²) in [6.07, 6.45) is 2.21. The van der Waals surface area contributed by atoms with Crippen LogP contribution in [0.1, 0.15) is 32.7 Å². The summed E-state index contributed by atoms with van der Waals surface area (Å²) in [5, 5.41) is 21.1. The topological polar surface area (TPSA) is 87.7 Å². The van der Waals surface area contributed by atoms with Crippen molar-refractivity contribution in [3.8, 4) is 6.07 Å². The number of nitrogens with zero attached hydrogens (tertiary/aromatic N) is 6. The minimum atomic E-state index is -0.152. The molecular weight excluding hydrogens is 276 g/mol. The molecule has 7 nitrogen and oxygen atoms in total. The third-order valence-corrected chi connectivity index (χ3v) is 4.05. The van der Waals surface area contributed by atoms with E-state index >= 15 is 0 Å². The molecule has 108 valence electrons. The zero-order chi connectivity index (χ0) is 14.5. The first kappa shape index (κ1) is 14.8. The molecule has 1 saturated carbocycles. The second kappa shape index (κ2) is 6.70. The molecule has 2 rings (SSSR count). The molecule has 1 heterocycles. The van der Waals surface area contributed by atoms with Gasteiger partial charge in [-0.15, -0.1) is 5.10 Å². The molecule has 0 N–H and O–H groups in total. The first-order chi connectivity index (χ1) is 9.65. The van der Waals surface area contributed by atoms with Gasteiger partial charge in [0.15, 0.2) is 0 Å². The summed E-state index contributed by atoms with van der Waals surface area (Å²) in [5.41, 5.74) is 0. The van der Waals surface area contributed by atoms with Crippen molar-refractivity contribution >= 4 is 17.7 Å². The van der Waals surface area contributed by atoms with Gasteiger partial charge in [-0.1, -0.05) is 11.8 Å². The van der Waals surface area contributed by atoms with E-state index in [0.29, 0.717) is 30.0 Å². The molecule has 1 aliphatic carbocycles. The fourth-order valence-electron chi connectivity index (χ4n) is 1.83. The maximum absolute atomic E-state index is 12.1. The highest BCUT2D eigenvalue weighted by Crippen LogP contribution is 2.36. The molecule has 1 unspecified atom stereocenters. The Balaban J connectivity index is 1.87. The maximum Gasteiger partial charge on any atom is 0.233 e. The largest absolute Gasteiger partial charge is 0.341 e. The average Bonchev–Trinajstić information content (AvgIpc) is 3.20. The molecular formula is C12H18N6OS. The summed E-state index contributed by atoms with van der Waals surface area (Å²) < 4.78 is 1.80. The van der Waals surface area contributed by atoms with Crippen LogP contribution in [0.4, 0.5) is 0 Å². The highest BCUT2D eigenvalue weighted by atomic mass is 32.2. The van der Waals surface area contributed by atoms with Crippen LogP contribution in [-0.2, 0) is 4.79 Å². The zero-order valence-electron chi connectivity index (χ0n) is 11.7. The lowest BCUT2D eigenvalue weighted by Crippen LogP contribution is -2.35. The van der Waals surface area contributed by atoms with E-state index < -0.39 is 0 Å². The molecule has 1 fully saturated rings. The summed E-state index contributed by atoms with van der Waals surface area (Å²) in [6, 6.07) is 2.56. The van der Waals surface area contributed by atoms with E-state index in [1.165, 1.54) is 11.8 Å². The van der Waals surface area contributed by atoms with Crippen molar-refractivity contribution in [3.63, 3.8) is 0 Å². The first-order valence-corrected chi connectivity index (χ1v) is 7.72. The molecule has 0 spiro atoms. The van der Waals surface area contributed by atoms with Gasteiger partial charge in [0.05, 0.1) is 23.8 Å². The first-order valence-electron chi connectivity index (χ1n) is 6.73. The van der Waals surface area contributed by atoms with Crippen molar-refractivity contribution in [3.05, 3.63) is 0 Å². The molecule has 1 aromatic heterocycles. The summed E-state index contributed by atoms with van der Waals surface area (Å²) in [4.78, 5) is 13.8. The van der Waals surface area contributed by atoms with Gasteiger partial charge in [0, 0.05) is 13.1 Å². The van der Waals surface area contributed by atoms with Crippen molar-refractivity contribution in [1.82, 2.24) is 25.1 Å². The van der Waals surface area contributed by atoms with E-state index in [-0.39, 0.29) is 11.8 Å². The van der Waals surface area contributed by atoms with Crippen molar-refractivity contribution in [2.45, 2.75) is 37.9 Å². The number of hydrogen-bond donors (Lipinski definition) is 0. The van der Waals surface area contributed by atoms with E-state index in [4.69, 9.17) is 5.26 Å². The van der Waals surface area contributed by atoms with Gasteiger partial charge in [-0.3, -0.25) is 4.79 Å². The van der Waals surface area contributed by atoms with Crippen LogP contribution in [0.2, 0.25) is 0 Å². The van der Waals surface area contributed by atoms with Crippen LogP contribution in [0.3, 0.4) is 0 Å². The molecule has 1 aliphatic rings. The van der Waals surface area contributed by atoms with Gasteiger partial charge in [0.1, 0.15) is 0 Å². The maximum atomic E-state index is 12.1. The fourth-order valence-corrected chi connectivity index (χ4v) is 2.67. The standard InChI is InChI=1S/C12H18N6OS/c1-3-17(7-9(2)6-13)11(19)8-20-12-14-15-16-18(12)10-4-5-10/h9-10H,3-5,7-8H2,1-2H3. The van der Waals surface area contributed by atoms with E-state index in [2.05, 4.69) is 21.6 Å². The SMILES string of the molecule is CCN(CC(C)C#N)C(=O)CSc1nnnn1C1CC1. The second-order valence-electron chi connectivity index (χ2n) is 4.89. The van der Waals surface area contributed by atoms with E-state index in [1.807, 2.05) is 13.8 Å². The Bertz CT molecular complexity index is 506. The Morgan fingerprint density at radius 3 is 3.00 bits per heavy atom. The molecule has 0 saturated heterocycles. The van der Waals surface area contributed by atoms with Gasteiger partial charge in [0.2, 0.25) is 11.1 Å². The van der Waals surface area contributed by atoms with E-state index in [0.717, 1.165) is 12.8 Å². The molecule has 1 aromatic rings. The Morgan fingerprint density at radius 2 is 2.40 bits per heavy atom. The second-order valence-corrected chi connectivity index (χ2v) is 5.83. The zero-order valence-corrected chi connectivity index (χ0v) is 12.5. The molecule has 1 amide bonds. The van der Waals surface area contributed by atoms with Gasteiger partial charge in [0.25, 0.3) is 0 Å². The highest BCUT2D eigenvalue weighted by molar-refractivity contribution is 7.99. The Labute approximate surface area is 122 Å². The van der Waals surface area contributed by atoms with Gasteiger partial charge in [-0.2, -0.15) is 5.26 Å². The minimum Gasteiger partial charge on any atom is -0.341 e. The van der Waals surface area contributed by atoms with Crippen LogP contribution in [0.15, 0.2) is 5.16 Å². The average molecular weight is 294 g/mol. The van der Waals surface area contributed by atoms with Crippen molar-refractivity contribution in [2.75, 3.05) is 18.8 Å². The lowest BCUT2D eigenvalue weighted by molar-refractivity contribution is -0.128. The van der Waals surface area contributed by atoms with Crippen LogP contribution in [0.25, 0.3) is 0 Å². The monoisotopic (exact) mass is 294 g/mol. The molecule has 0 radical (unpaired) electrons. The number of aromatic nitrogens is 4. The Kier molecular flexibility index (Phi) is 4.95. The lowest BCUT2D eigenvalue weighted by atomic mass is 10.2. The Hall–Kier alpha value is -1.62. The van der Waals surface area contributed by atoms with Crippen molar-refractivity contribution in [1.29, 1.82) is 5.26 Å². The molecule has 0 aromatic carbocycles. The predicted molar refractivity (Wildman–Crippen MR) is 73.8 cm³/mol. The molecule has 20 heavy (non-hydrogen) atoms. The van der Waals surface area contributed by atoms with Crippen LogP contribution >= 0.6 is 11.8 Å².